The molecular formula is C13H17BrN4O2S. The highest BCUT2D eigenvalue weighted by Gasteiger charge is 2.17. The van der Waals surface area contributed by atoms with Gasteiger partial charge in [0.15, 0.2) is 0 Å². The Morgan fingerprint density at radius 1 is 1.33 bits per heavy atom. The topological polar surface area (TPSA) is 86.9 Å². The third kappa shape index (κ3) is 4.37. The molecule has 0 unspecified atom stereocenters. The van der Waals surface area contributed by atoms with Crippen LogP contribution in [0.3, 0.4) is 0 Å². The summed E-state index contributed by atoms with van der Waals surface area (Å²) in [6, 6.07) is 5.21. The number of imidazole rings is 1. The van der Waals surface area contributed by atoms with Crippen LogP contribution in [0.25, 0.3) is 0 Å². The third-order valence-corrected chi connectivity index (χ3v) is 5.23. The molecule has 2 aromatic rings. The first-order chi connectivity index (χ1) is 10.0. The van der Waals surface area contributed by atoms with Gasteiger partial charge >= 0.3 is 0 Å². The first-order valence-electron chi connectivity index (χ1n) is 6.50. The predicted octanol–water partition coefficient (Wildman–Crippen LogP) is 1.76. The van der Waals surface area contributed by atoms with E-state index in [1.54, 1.807) is 24.5 Å². The molecule has 0 saturated heterocycles. The van der Waals surface area contributed by atoms with Crippen LogP contribution in [-0.4, -0.2) is 24.9 Å². The van der Waals surface area contributed by atoms with Crippen molar-refractivity contribution in [2.75, 3.05) is 6.54 Å². The van der Waals surface area contributed by atoms with E-state index in [4.69, 9.17) is 0 Å². The zero-order chi connectivity index (χ0) is 15.3. The van der Waals surface area contributed by atoms with E-state index in [2.05, 4.69) is 35.9 Å². The van der Waals surface area contributed by atoms with Gasteiger partial charge in [-0.3, -0.25) is 0 Å². The highest BCUT2D eigenvalue weighted by Crippen LogP contribution is 2.23. The number of aromatic nitrogens is 2. The highest BCUT2D eigenvalue weighted by atomic mass is 79.9. The maximum absolute atomic E-state index is 12.3. The van der Waals surface area contributed by atoms with Crippen molar-refractivity contribution in [1.29, 1.82) is 0 Å². The molecular weight excluding hydrogens is 356 g/mol. The van der Waals surface area contributed by atoms with Gasteiger partial charge in [-0.25, -0.2) is 18.1 Å². The Balaban J connectivity index is 2.12. The maximum atomic E-state index is 12.3. The van der Waals surface area contributed by atoms with E-state index in [0.29, 0.717) is 16.8 Å². The van der Waals surface area contributed by atoms with Crippen LogP contribution in [0.1, 0.15) is 18.3 Å². The number of halogens is 1. The van der Waals surface area contributed by atoms with Gasteiger partial charge in [-0.1, -0.05) is 13.0 Å². The quantitative estimate of drug-likeness (QED) is 0.690. The van der Waals surface area contributed by atoms with Crippen molar-refractivity contribution in [3.05, 3.63) is 46.5 Å². The molecule has 2 rings (SSSR count). The summed E-state index contributed by atoms with van der Waals surface area (Å²) >= 11 is 3.32. The first-order valence-corrected chi connectivity index (χ1v) is 8.77. The van der Waals surface area contributed by atoms with E-state index in [0.717, 1.165) is 12.1 Å². The number of aromatic amines is 1. The predicted molar refractivity (Wildman–Crippen MR) is 84.1 cm³/mol. The molecule has 114 valence electrons. The molecule has 0 aliphatic rings. The van der Waals surface area contributed by atoms with E-state index >= 15 is 0 Å². The normalized spacial score (nSPS) is 11.7. The molecule has 0 amide bonds. The minimum atomic E-state index is -3.58. The Bertz CT molecular complexity index is 686. The fraction of sp³-hybridized carbons (Fsp3) is 0.308. The van der Waals surface area contributed by atoms with Gasteiger partial charge in [0.25, 0.3) is 0 Å². The number of hydrogen-bond acceptors (Lipinski definition) is 4. The van der Waals surface area contributed by atoms with Crippen molar-refractivity contribution in [2.45, 2.75) is 24.9 Å². The fourth-order valence-electron chi connectivity index (χ4n) is 1.78. The van der Waals surface area contributed by atoms with Gasteiger partial charge in [0.2, 0.25) is 10.0 Å². The van der Waals surface area contributed by atoms with Crippen LogP contribution < -0.4 is 10.0 Å². The van der Waals surface area contributed by atoms with E-state index in [1.807, 2.05) is 13.0 Å². The van der Waals surface area contributed by atoms with E-state index in [1.165, 1.54) is 0 Å². The lowest BCUT2D eigenvalue weighted by Gasteiger charge is -2.09. The summed E-state index contributed by atoms with van der Waals surface area (Å²) in [4.78, 5) is 7.05. The molecule has 0 bridgehead atoms. The van der Waals surface area contributed by atoms with Gasteiger partial charge in [0.1, 0.15) is 5.82 Å². The van der Waals surface area contributed by atoms with Crippen LogP contribution in [0.5, 0.6) is 0 Å². The Kier molecular flexibility index (Phi) is 5.51. The number of nitrogens with zero attached hydrogens (tertiary/aromatic N) is 1. The second kappa shape index (κ2) is 7.17. The molecule has 0 aliphatic heterocycles. The SMILES string of the molecule is CCNCc1ccc(S(=O)(=O)NCc2ncc[nH]2)c(Br)c1. The van der Waals surface area contributed by atoms with Crippen LogP contribution in [0.4, 0.5) is 0 Å². The van der Waals surface area contributed by atoms with Crippen LogP contribution in [0, 0.1) is 0 Å². The van der Waals surface area contributed by atoms with E-state index in [9.17, 15) is 8.42 Å². The maximum Gasteiger partial charge on any atom is 0.242 e. The number of benzene rings is 1. The summed E-state index contributed by atoms with van der Waals surface area (Å²) in [6.45, 7) is 3.71. The smallest absolute Gasteiger partial charge is 0.242 e. The summed E-state index contributed by atoms with van der Waals surface area (Å²) in [7, 11) is -3.58. The molecule has 0 radical (unpaired) electrons. The molecule has 3 N–H and O–H groups in total. The van der Waals surface area contributed by atoms with Crippen molar-refractivity contribution in [3.8, 4) is 0 Å². The van der Waals surface area contributed by atoms with E-state index in [-0.39, 0.29) is 11.4 Å². The molecule has 1 heterocycles. The second-order valence-corrected chi connectivity index (χ2v) is 7.00. The van der Waals surface area contributed by atoms with Crippen molar-refractivity contribution >= 4 is 26.0 Å². The fourth-order valence-corrected chi connectivity index (χ4v) is 3.89. The lowest BCUT2D eigenvalue weighted by atomic mass is 10.2. The molecule has 6 nitrogen and oxygen atoms in total. The zero-order valence-electron chi connectivity index (χ0n) is 11.6. The standard InChI is InChI=1S/C13H17BrN4O2S/c1-2-15-8-10-3-4-12(11(14)7-10)21(19,20)18-9-13-16-5-6-17-13/h3-7,15,18H,2,8-9H2,1H3,(H,16,17). The third-order valence-electron chi connectivity index (χ3n) is 2.85. The lowest BCUT2D eigenvalue weighted by molar-refractivity contribution is 0.579. The summed E-state index contributed by atoms with van der Waals surface area (Å²) in [5.41, 5.74) is 1.02. The van der Waals surface area contributed by atoms with E-state index < -0.39 is 10.0 Å². The molecule has 0 atom stereocenters. The van der Waals surface area contributed by atoms with Crippen molar-refractivity contribution in [3.63, 3.8) is 0 Å². The summed E-state index contributed by atoms with van der Waals surface area (Å²) in [6.07, 6.45) is 3.23. The monoisotopic (exact) mass is 372 g/mol. The number of sulfonamides is 1. The van der Waals surface area contributed by atoms with Crippen molar-refractivity contribution < 1.29 is 8.42 Å². The number of rotatable bonds is 7. The largest absolute Gasteiger partial charge is 0.347 e. The van der Waals surface area contributed by atoms with Crippen LogP contribution >= 0.6 is 15.9 Å². The van der Waals surface area contributed by atoms with Crippen molar-refractivity contribution in [1.82, 2.24) is 20.0 Å². The average molecular weight is 373 g/mol. The van der Waals surface area contributed by atoms with Gasteiger partial charge in [-0.05, 0) is 40.2 Å². The highest BCUT2D eigenvalue weighted by molar-refractivity contribution is 9.10. The Morgan fingerprint density at radius 3 is 2.76 bits per heavy atom. The molecule has 1 aromatic heterocycles. The zero-order valence-corrected chi connectivity index (χ0v) is 14.0. The summed E-state index contributed by atoms with van der Waals surface area (Å²) in [5.74, 6) is 0.568. The molecule has 21 heavy (non-hydrogen) atoms. The van der Waals surface area contributed by atoms with Gasteiger partial charge in [0.05, 0.1) is 11.4 Å². The number of nitrogens with one attached hydrogen (secondary N) is 3. The number of H-pyrrole nitrogens is 1. The number of hydrogen-bond donors (Lipinski definition) is 3. The minimum Gasteiger partial charge on any atom is -0.347 e. The Morgan fingerprint density at radius 2 is 2.14 bits per heavy atom. The molecule has 0 aliphatic carbocycles. The lowest BCUT2D eigenvalue weighted by Crippen LogP contribution is -2.24. The average Bonchev–Trinajstić information content (AvgIpc) is 2.96. The van der Waals surface area contributed by atoms with Gasteiger partial charge in [-0.2, -0.15) is 0 Å². The Labute approximate surface area is 132 Å². The molecule has 0 saturated carbocycles. The molecule has 8 heteroatoms. The summed E-state index contributed by atoms with van der Waals surface area (Å²) < 4.78 is 27.6. The van der Waals surface area contributed by atoms with Crippen molar-refractivity contribution in [2.24, 2.45) is 0 Å². The van der Waals surface area contributed by atoms with Crippen LogP contribution in [0.15, 0.2) is 40.0 Å². The molecule has 0 fully saturated rings. The van der Waals surface area contributed by atoms with Gasteiger partial charge in [-0.15, -0.1) is 0 Å². The van der Waals surface area contributed by atoms with Gasteiger partial charge in [0, 0.05) is 23.4 Å². The minimum absolute atomic E-state index is 0.126. The second-order valence-electron chi connectivity index (χ2n) is 4.41. The van der Waals surface area contributed by atoms with Crippen LogP contribution in [-0.2, 0) is 23.1 Å². The molecule has 1 aromatic carbocycles. The first kappa shape index (κ1) is 16.2. The molecule has 0 spiro atoms. The summed E-state index contributed by atoms with van der Waals surface area (Å²) in [5, 5.41) is 3.20. The Hall–Kier alpha value is -1.22. The van der Waals surface area contributed by atoms with Crippen LogP contribution in [0.2, 0.25) is 0 Å². The van der Waals surface area contributed by atoms with Gasteiger partial charge < -0.3 is 10.3 Å².